The Kier molecular flexibility index (Phi) is 6.84. The summed E-state index contributed by atoms with van der Waals surface area (Å²) in [5, 5.41) is 5.99. The van der Waals surface area contributed by atoms with Crippen molar-refractivity contribution in [2.24, 2.45) is 0 Å². The van der Waals surface area contributed by atoms with Gasteiger partial charge in [-0.3, -0.25) is 14.6 Å². The number of carbonyl (C=O) groups excluding carboxylic acids is 2. The van der Waals surface area contributed by atoms with Crippen LogP contribution in [0.25, 0.3) is 0 Å². The van der Waals surface area contributed by atoms with Crippen molar-refractivity contribution in [1.82, 2.24) is 10.2 Å². The fourth-order valence-corrected chi connectivity index (χ4v) is 4.11. The van der Waals surface area contributed by atoms with Crippen LogP contribution >= 0.6 is 0 Å². The van der Waals surface area contributed by atoms with E-state index in [-0.39, 0.29) is 11.9 Å². The summed E-state index contributed by atoms with van der Waals surface area (Å²) in [7, 11) is 0. The molecule has 7 heteroatoms. The quantitative estimate of drug-likeness (QED) is 0.702. The molecule has 0 aliphatic carbocycles. The summed E-state index contributed by atoms with van der Waals surface area (Å²) in [5.41, 5.74) is 4.32. The molecule has 0 spiro atoms. The van der Waals surface area contributed by atoms with Gasteiger partial charge >= 0.3 is 6.03 Å². The van der Waals surface area contributed by atoms with Crippen LogP contribution in [0.3, 0.4) is 0 Å². The summed E-state index contributed by atoms with van der Waals surface area (Å²) in [6.45, 7) is 7.67. The van der Waals surface area contributed by atoms with Crippen molar-refractivity contribution in [2.45, 2.75) is 19.8 Å². The van der Waals surface area contributed by atoms with Gasteiger partial charge in [0.25, 0.3) is 5.91 Å². The van der Waals surface area contributed by atoms with E-state index in [9.17, 15) is 9.59 Å². The third kappa shape index (κ3) is 5.24. The van der Waals surface area contributed by atoms with E-state index in [1.54, 1.807) is 4.90 Å². The summed E-state index contributed by atoms with van der Waals surface area (Å²) in [5.74, 6) is -0.0698. The standard InChI is InChI=1S/C24H30N4O3/c1-18-6-8-19(9-7-18)26-24(30)28-13-10-20-21(4-2-5-22(20)28)23(29)25-11-3-12-27-14-16-31-17-15-27/h2,4-9H,3,10-17H2,1H3,(H,25,29)(H,26,30). The highest BCUT2D eigenvalue weighted by Gasteiger charge is 2.28. The number of urea groups is 1. The Balaban J connectivity index is 1.34. The van der Waals surface area contributed by atoms with Gasteiger partial charge in [-0.2, -0.15) is 0 Å². The lowest BCUT2D eigenvalue weighted by atomic mass is 10.0. The largest absolute Gasteiger partial charge is 0.379 e. The summed E-state index contributed by atoms with van der Waals surface area (Å²) < 4.78 is 5.36. The maximum atomic E-state index is 12.8. The Labute approximate surface area is 183 Å². The monoisotopic (exact) mass is 422 g/mol. The molecule has 0 atom stereocenters. The molecule has 2 aliphatic rings. The van der Waals surface area contributed by atoms with Crippen molar-refractivity contribution in [1.29, 1.82) is 0 Å². The molecule has 0 bridgehead atoms. The fraction of sp³-hybridized carbons (Fsp3) is 0.417. The summed E-state index contributed by atoms with van der Waals surface area (Å²) in [6.07, 6.45) is 1.58. The lowest BCUT2D eigenvalue weighted by Crippen LogP contribution is -2.38. The fourth-order valence-electron chi connectivity index (χ4n) is 4.11. The number of hydrogen-bond donors (Lipinski definition) is 2. The lowest BCUT2D eigenvalue weighted by molar-refractivity contribution is 0.0374. The summed E-state index contributed by atoms with van der Waals surface area (Å²) in [4.78, 5) is 29.7. The number of aryl methyl sites for hydroxylation is 1. The van der Waals surface area contributed by atoms with E-state index in [1.807, 2.05) is 49.4 Å². The van der Waals surface area contributed by atoms with Crippen LogP contribution in [0.4, 0.5) is 16.2 Å². The molecule has 2 aromatic carbocycles. The van der Waals surface area contributed by atoms with Gasteiger partial charge in [-0.05, 0) is 56.1 Å². The van der Waals surface area contributed by atoms with Crippen LogP contribution in [0.1, 0.15) is 27.9 Å². The van der Waals surface area contributed by atoms with E-state index in [0.29, 0.717) is 25.1 Å². The van der Waals surface area contributed by atoms with Gasteiger partial charge in [0, 0.05) is 43.1 Å². The van der Waals surface area contributed by atoms with Gasteiger partial charge in [0.15, 0.2) is 0 Å². The summed E-state index contributed by atoms with van der Waals surface area (Å²) in [6, 6.07) is 13.1. The SMILES string of the molecule is Cc1ccc(NC(=O)N2CCc3c(C(=O)NCCCN4CCOCC4)cccc32)cc1. The molecule has 31 heavy (non-hydrogen) atoms. The molecule has 4 rings (SSSR count). The van der Waals surface area contributed by atoms with E-state index < -0.39 is 0 Å². The van der Waals surface area contributed by atoms with Crippen LogP contribution in [-0.2, 0) is 11.2 Å². The van der Waals surface area contributed by atoms with Crippen LogP contribution in [-0.4, -0.2) is 62.8 Å². The Bertz CT molecular complexity index is 923. The number of carbonyl (C=O) groups is 2. The van der Waals surface area contributed by atoms with Crippen molar-refractivity contribution in [3.63, 3.8) is 0 Å². The highest BCUT2D eigenvalue weighted by molar-refractivity contribution is 6.05. The Hall–Kier alpha value is -2.90. The Morgan fingerprint density at radius 1 is 1.03 bits per heavy atom. The van der Waals surface area contributed by atoms with Gasteiger partial charge in [-0.1, -0.05) is 23.8 Å². The van der Waals surface area contributed by atoms with Crippen molar-refractivity contribution >= 4 is 23.3 Å². The molecular weight excluding hydrogens is 392 g/mol. The molecule has 1 fully saturated rings. The number of benzene rings is 2. The number of morpholine rings is 1. The van der Waals surface area contributed by atoms with E-state index >= 15 is 0 Å². The molecule has 0 saturated carbocycles. The molecule has 1 saturated heterocycles. The maximum absolute atomic E-state index is 12.8. The molecule has 7 nitrogen and oxygen atoms in total. The van der Waals surface area contributed by atoms with Crippen LogP contribution in [0, 0.1) is 6.92 Å². The number of amides is 3. The topological polar surface area (TPSA) is 73.9 Å². The van der Waals surface area contributed by atoms with E-state index in [1.165, 1.54) is 0 Å². The molecule has 2 aliphatic heterocycles. The van der Waals surface area contributed by atoms with Crippen molar-refractivity contribution in [3.05, 3.63) is 59.2 Å². The molecule has 2 heterocycles. The number of nitrogens with zero attached hydrogens (tertiary/aromatic N) is 2. The second-order valence-corrected chi connectivity index (χ2v) is 8.06. The van der Waals surface area contributed by atoms with Crippen LogP contribution < -0.4 is 15.5 Å². The number of ether oxygens (including phenoxy) is 1. The smallest absolute Gasteiger partial charge is 0.326 e. The minimum atomic E-state index is -0.175. The highest BCUT2D eigenvalue weighted by Crippen LogP contribution is 2.31. The molecule has 164 valence electrons. The first-order chi connectivity index (χ1) is 15.1. The van der Waals surface area contributed by atoms with Gasteiger partial charge in [-0.25, -0.2) is 4.79 Å². The average molecular weight is 423 g/mol. The molecule has 2 aromatic rings. The van der Waals surface area contributed by atoms with E-state index in [2.05, 4.69) is 15.5 Å². The third-order valence-electron chi connectivity index (χ3n) is 5.86. The number of rotatable bonds is 6. The highest BCUT2D eigenvalue weighted by atomic mass is 16.5. The minimum Gasteiger partial charge on any atom is -0.379 e. The molecule has 3 amide bonds. The van der Waals surface area contributed by atoms with Crippen molar-refractivity contribution in [2.75, 3.05) is 56.2 Å². The molecule has 0 unspecified atom stereocenters. The first kappa shape index (κ1) is 21.3. The molecule has 2 N–H and O–H groups in total. The minimum absolute atomic E-state index is 0.0698. The number of hydrogen-bond acceptors (Lipinski definition) is 4. The van der Waals surface area contributed by atoms with Gasteiger partial charge < -0.3 is 15.4 Å². The van der Waals surface area contributed by atoms with Gasteiger partial charge in [0.05, 0.1) is 13.2 Å². The zero-order valence-electron chi connectivity index (χ0n) is 18.0. The number of anilines is 2. The number of nitrogens with one attached hydrogen (secondary N) is 2. The van der Waals surface area contributed by atoms with E-state index in [4.69, 9.17) is 4.74 Å². The predicted molar refractivity (Wildman–Crippen MR) is 122 cm³/mol. The maximum Gasteiger partial charge on any atom is 0.326 e. The van der Waals surface area contributed by atoms with Crippen molar-refractivity contribution < 1.29 is 14.3 Å². The molecule has 0 radical (unpaired) electrons. The summed E-state index contributed by atoms with van der Waals surface area (Å²) >= 11 is 0. The Morgan fingerprint density at radius 3 is 2.58 bits per heavy atom. The van der Waals surface area contributed by atoms with Crippen LogP contribution in [0.5, 0.6) is 0 Å². The van der Waals surface area contributed by atoms with Gasteiger partial charge in [0.2, 0.25) is 0 Å². The zero-order chi connectivity index (χ0) is 21.6. The van der Waals surface area contributed by atoms with Gasteiger partial charge in [0.1, 0.15) is 0 Å². The van der Waals surface area contributed by atoms with Gasteiger partial charge in [-0.15, -0.1) is 0 Å². The zero-order valence-corrected chi connectivity index (χ0v) is 18.0. The lowest BCUT2D eigenvalue weighted by Gasteiger charge is -2.26. The van der Waals surface area contributed by atoms with E-state index in [0.717, 1.165) is 61.8 Å². The van der Waals surface area contributed by atoms with Crippen LogP contribution in [0.2, 0.25) is 0 Å². The molecular formula is C24H30N4O3. The first-order valence-electron chi connectivity index (χ1n) is 11.0. The van der Waals surface area contributed by atoms with Crippen LogP contribution in [0.15, 0.2) is 42.5 Å². The predicted octanol–water partition coefficient (Wildman–Crippen LogP) is 3.04. The van der Waals surface area contributed by atoms with Crippen molar-refractivity contribution in [3.8, 4) is 0 Å². The first-order valence-corrected chi connectivity index (χ1v) is 11.0. The Morgan fingerprint density at radius 2 is 1.81 bits per heavy atom. The normalized spacial score (nSPS) is 16.1. The number of fused-ring (bicyclic) bond motifs is 1. The second-order valence-electron chi connectivity index (χ2n) is 8.06. The average Bonchev–Trinajstić information content (AvgIpc) is 3.23. The third-order valence-corrected chi connectivity index (χ3v) is 5.86. The second kappa shape index (κ2) is 9.94. The molecule has 0 aromatic heterocycles.